The topological polar surface area (TPSA) is 69.7 Å². The maximum Gasteiger partial charge on any atom is 0.312 e. The summed E-state index contributed by atoms with van der Waals surface area (Å²) in [5.74, 6) is 2.05. The van der Waals surface area contributed by atoms with Crippen molar-refractivity contribution in [3.63, 3.8) is 0 Å². The average Bonchev–Trinajstić information content (AvgIpc) is 3.22. The molecular weight excluding hydrogens is 596 g/mol. The summed E-state index contributed by atoms with van der Waals surface area (Å²) in [5, 5.41) is 0. The van der Waals surface area contributed by atoms with E-state index in [1.165, 1.54) is 43.3 Å². The highest BCUT2D eigenvalue weighted by Gasteiger charge is 2.64. The number of allylic oxidation sites excluding steroid dienone is 4. The standard InChI is InChI=1S/C43H70O5/c1-15-20-42(14)32(40(11,12)26-47-34(45)25-39(9,10)37(46)48-38(6,7)8)19-21-41(13)30-18-22-43(23-27(2)3)24-31(44)35(28(4)5)36(43)29(30)16-17-33(41)42/h23,28-30,32-33H,15-22,24-26H2,1-14H3. The first kappa shape index (κ1) is 38.9. The zero-order valence-electron chi connectivity index (χ0n) is 33.3. The van der Waals surface area contributed by atoms with Gasteiger partial charge in [0.15, 0.2) is 5.78 Å². The molecule has 0 bridgehead atoms. The quantitative estimate of drug-likeness (QED) is 0.171. The molecule has 7 unspecified atom stereocenters. The van der Waals surface area contributed by atoms with Crippen LogP contribution < -0.4 is 0 Å². The Labute approximate surface area is 293 Å². The second-order valence-electron chi connectivity index (χ2n) is 19.9. The number of carbonyl (C=O) groups is 3. The summed E-state index contributed by atoms with van der Waals surface area (Å²) in [6.45, 7) is 30.4. The smallest absolute Gasteiger partial charge is 0.312 e. The number of ether oxygens (including phenoxy) is 2. The first-order valence-corrected chi connectivity index (χ1v) is 19.3. The second-order valence-corrected chi connectivity index (χ2v) is 19.9. The van der Waals surface area contributed by atoms with Crippen LogP contribution in [0.4, 0.5) is 0 Å². The van der Waals surface area contributed by atoms with Gasteiger partial charge < -0.3 is 9.47 Å². The molecule has 5 nitrogen and oxygen atoms in total. The lowest BCUT2D eigenvalue weighted by molar-refractivity contribution is -0.179. The van der Waals surface area contributed by atoms with E-state index in [0.29, 0.717) is 42.5 Å². The molecule has 48 heavy (non-hydrogen) atoms. The molecule has 3 saturated carbocycles. The van der Waals surface area contributed by atoms with E-state index >= 15 is 0 Å². The molecular formula is C43H70O5. The van der Waals surface area contributed by atoms with E-state index in [4.69, 9.17) is 9.47 Å². The largest absolute Gasteiger partial charge is 0.465 e. The first-order chi connectivity index (χ1) is 21.9. The maximum atomic E-state index is 13.7. The van der Waals surface area contributed by atoms with E-state index in [-0.39, 0.29) is 45.9 Å². The summed E-state index contributed by atoms with van der Waals surface area (Å²) in [6.07, 6.45) is 12.4. The van der Waals surface area contributed by atoms with Gasteiger partial charge in [0.25, 0.3) is 0 Å². The molecule has 3 fully saturated rings. The van der Waals surface area contributed by atoms with Crippen LogP contribution in [-0.4, -0.2) is 29.9 Å². The van der Waals surface area contributed by atoms with Crippen LogP contribution in [0.5, 0.6) is 0 Å². The molecule has 7 atom stereocenters. The first-order valence-electron chi connectivity index (χ1n) is 19.3. The molecule has 0 heterocycles. The van der Waals surface area contributed by atoms with Crippen molar-refractivity contribution in [2.24, 2.45) is 56.7 Å². The van der Waals surface area contributed by atoms with E-state index in [1.54, 1.807) is 13.8 Å². The molecule has 0 amide bonds. The number of rotatable bonds is 10. The van der Waals surface area contributed by atoms with Crippen molar-refractivity contribution in [2.75, 3.05) is 6.61 Å². The zero-order chi connectivity index (χ0) is 36.3. The number of fused-ring (bicyclic) bond motifs is 5. The van der Waals surface area contributed by atoms with Crippen LogP contribution in [0.25, 0.3) is 0 Å². The second kappa shape index (κ2) is 13.3. The minimum absolute atomic E-state index is 0.00358. The van der Waals surface area contributed by atoms with Crippen molar-refractivity contribution >= 4 is 17.7 Å². The molecule has 0 aliphatic heterocycles. The van der Waals surface area contributed by atoms with Crippen LogP contribution in [0.3, 0.4) is 0 Å². The lowest BCUT2D eigenvalue weighted by atomic mass is 9.38. The molecule has 0 saturated heterocycles. The highest BCUT2D eigenvalue weighted by Crippen LogP contribution is 2.71. The SMILES string of the molecule is CCCC1(C)C(C(C)(C)COC(=O)CC(C)(C)C(=O)OC(C)(C)C)CCC2(C)C3CCC4(C=C(C)C)CC(=O)C(C(C)C)=C4C3CCC21. The van der Waals surface area contributed by atoms with E-state index in [0.717, 1.165) is 24.8 Å². The molecule has 4 aliphatic carbocycles. The van der Waals surface area contributed by atoms with Gasteiger partial charge in [0.1, 0.15) is 5.60 Å². The molecule has 5 heteroatoms. The minimum Gasteiger partial charge on any atom is -0.465 e. The van der Waals surface area contributed by atoms with Gasteiger partial charge in [0.05, 0.1) is 18.4 Å². The summed E-state index contributed by atoms with van der Waals surface area (Å²) < 4.78 is 11.6. The van der Waals surface area contributed by atoms with E-state index in [9.17, 15) is 14.4 Å². The van der Waals surface area contributed by atoms with Gasteiger partial charge in [0.2, 0.25) is 0 Å². The monoisotopic (exact) mass is 667 g/mol. The van der Waals surface area contributed by atoms with E-state index < -0.39 is 11.0 Å². The summed E-state index contributed by atoms with van der Waals surface area (Å²) in [5.41, 5.74) is 2.52. The van der Waals surface area contributed by atoms with Crippen molar-refractivity contribution < 1.29 is 23.9 Å². The number of Topliss-reactive ketones (excluding diaryl/α,β-unsaturated/α-hetero) is 1. The van der Waals surface area contributed by atoms with Gasteiger partial charge in [-0.15, -0.1) is 0 Å². The van der Waals surface area contributed by atoms with Crippen molar-refractivity contribution in [1.82, 2.24) is 0 Å². The van der Waals surface area contributed by atoms with Gasteiger partial charge in [-0.2, -0.15) is 0 Å². The van der Waals surface area contributed by atoms with E-state index in [1.807, 2.05) is 20.8 Å². The summed E-state index contributed by atoms with van der Waals surface area (Å²) in [7, 11) is 0. The Kier molecular flexibility index (Phi) is 10.8. The number of carbonyl (C=O) groups excluding carboxylic acids is 3. The highest BCUT2D eigenvalue weighted by molar-refractivity contribution is 6.01. The molecule has 0 aromatic heterocycles. The van der Waals surface area contributed by atoms with Crippen molar-refractivity contribution in [2.45, 2.75) is 167 Å². The molecule has 0 radical (unpaired) electrons. The molecule has 4 rings (SSSR count). The van der Waals surface area contributed by atoms with Gasteiger partial charge >= 0.3 is 11.9 Å². The molecule has 0 aromatic rings. The van der Waals surface area contributed by atoms with Gasteiger partial charge in [0, 0.05) is 17.3 Å². The number of hydrogen-bond acceptors (Lipinski definition) is 5. The lowest BCUT2D eigenvalue weighted by Gasteiger charge is -2.66. The van der Waals surface area contributed by atoms with Gasteiger partial charge in [-0.05, 0) is 145 Å². The van der Waals surface area contributed by atoms with Crippen LogP contribution in [0, 0.1) is 56.7 Å². The summed E-state index contributed by atoms with van der Waals surface area (Å²) >= 11 is 0. The lowest BCUT2D eigenvalue weighted by Crippen LogP contribution is -2.59. The Morgan fingerprint density at radius 3 is 2.17 bits per heavy atom. The highest BCUT2D eigenvalue weighted by atomic mass is 16.6. The Balaban J connectivity index is 1.59. The van der Waals surface area contributed by atoms with Crippen molar-refractivity contribution in [3.05, 3.63) is 22.8 Å². The number of ketones is 1. The van der Waals surface area contributed by atoms with Crippen molar-refractivity contribution in [3.8, 4) is 0 Å². The molecule has 4 aliphatic rings. The normalized spacial score (nSPS) is 33.9. The predicted molar refractivity (Wildman–Crippen MR) is 195 cm³/mol. The van der Waals surface area contributed by atoms with Crippen LogP contribution in [0.1, 0.15) is 161 Å². The van der Waals surface area contributed by atoms with Gasteiger partial charge in [-0.25, -0.2) is 0 Å². The molecule has 0 N–H and O–H groups in total. The third-order valence-electron chi connectivity index (χ3n) is 13.4. The Morgan fingerprint density at radius 1 is 0.958 bits per heavy atom. The fraction of sp³-hybridized carbons (Fsp3) is 0.837. The van der Waals surface area contributed by atoms with E-state index in [2.05, 4.69) is 68.4 Å². The number of esters is 2. The third-order valence-corrected chi connectivity index (χ3v) is 13.4. The van der Waals surface area contributed by atoms with Crippen LogP contribution >= 0.6 is 0 Å². The molecule has 0 aromatic carbocycles. The summed E-state index contributed by atoms with van der Waals surface area (Å²) in [6, 6.07) is 0. The Morgan fingerprint density at radius 2 is 1.60 bits per heavy atom. The maximum absolute atomic E-state index is 13.7. The van der Waals surface area contributed by atoms with Gasteiger partial charge in [-0.1, -0.05) is 66.5 Å². The Hall–Kier alpha value is -1.91. The third kappa shape index (κ3) is 7.14. The fourth-order valence-electron chi connectivity index (χ4n) is 11.9. The number of hydrogen-bond donors (Lipinski definition) is 0. The predicted octanol–water partition coefficient (Wildman–Crippen LogP) is 10.9. The molecule has 0 spiro atoms. The summed E-state index contributed by atoms with van der Waals surface area (Å²) in [4.78, 5) is 39.7. The average molecular weight is 667 g/mol. The minimum atomic E-state index is -0.950. The van der Waals surface area contributed by atoms with Crippen LogP contribution in [0.2, 0.25) is 0 Å². The Bertz CT molecular complexity index is 1320. The van der Waals surface area contributed by atoms with Gasteiger partial charge in [-0.3, -0.25) is 14.4 Å². The van der Waals surface area contributed by atoms with Crippen molar-refractivity contribution in [1.29, 1.82) is 0 Å². The van der Waals surface area contributed by atoms with Crippen LogP contribution in [-0.2, 0) is 23.9 Å². The zero-order valence-corrected chi connectivity index (χ0v) is 33.3. The molecule has 272 valence electrons. The van der Waals surface area contributed by atoms with Crippen LogP contribution in [0.15, 0.2) is 22.8 Å². The fourth-order valence-corrected chi connectivity index (χ4v) is 11.9.